The molecule has 0 fully saturated rings. The molecule has 3 aromatic heterocycles. The van der Waals surface area contributed by atoms with Gasteiger partial charge in [0.15, 0.2) is 10.7 Å². The zero-order valence-electron chi connectivity index (χ0n) is 18.7. The fraction of sp³-hybridized carbons (Fsp3) is 0.261. The van der Waals surface area contributed by atoms with Gasteiger partial charge >= 0.3 is 5.97 Å². The van der Waals surface area contributed by atoms with Crippen LogP contribution in [0.1, 0.15) is 22.3 Å². The Morgan fingerprint density at radius 1 is 1.24 bits per heavy atom. The highest BCUT2D eigenvalue weighted by Gasteiger charge is 2.21. The van der Waals surface area contributed by atoms with Crippen LogP contribution in [0.4, 0.5) is 14.6 Å². The Morgan fingerprint density at radius 2 is 2.03 bits per heavy atom. The summed E-state index contributed by atoms with van der Waals surface area (Å²) < 4.78 is 41.6. The number of methoxy groups -OCH3 is 1. The van der Waals surface area contributed by atoms with Crippen LogP contribution in [0.3, 0.4) is 0 Å². The summed E-state index contributed by atoms with van der Waals surface area (Å²) in [4.78, 5) is 20.6. The Hall–Kier alpha value is -3.73. The monoisotopic (exact) mass is 488 g/mol. The van der Waals surface area contributed by atoms with Gasteiger partial charge in [-0.25, -0.2) is 23.5 Å². The highest BCUT2D eigenvalue weighted by atomic mass is 32.1. The summed E-state index contributed by atoms with van der Waals surface area (Å²) >= 11 is 1.06. The maximum absolute atomic E-state index is 14.8. The summed E-state index contributed by atoms with van der Waals surface area (Å²) in [5.41, 5.74) is 0.968. The third-order valence-electron chi connectivity index (χ3n) is 5.28. The molecule has 8 nitrogen and oxygen atoms in total. The number of fused-ring (bicyclic) bond motifs is 1. The number of aromatic nitrogens is 3. The molecule has 0 unspecified atom stereocenters. The maximum Gasteiger partial charge on any atom is 0.349 e. The molecule has 0 amide bonds. The van der Waals surface area contributed by atoms with E-state index in [0.29, 0.717) is 35.2 Å². The van der Waals surface area contributed by atoms with Gasteiger partial charge in [-0.2, -0.15) is 0 Å². The van der Waals surface area contributed by atoms with Crippen molar-refractivity contribution in [1.82, 2.24) is 14.5 Å². The average molecular weight is 489 g/mol. The summed E-state index contributed by atoms with van der Waals surface area (Å²) in [6.07, 6.45) is 1.36. The van der Waals surface area contributed by atoms with Gasteiger partial charge in [-0.05, 0) is 26.0 Å². The van der Waals surface area contributed by atoms with Gasteiger partial charge in [0.05, 0.1) is 40.9 Å². The number of rotatable bonds is 9. The van der Waals surface area contributed by atoms with Crippen LogP contribution in [0.25, 0.3) is 21.5 Å². The number of anilines is 1. The molecule has 0 aliphatic carbocycles. The number of carboxylic acids is 1. The number of hydrogen-bond acceptors (Lipinski definition) is 7. The first-order chi connectivity index (χ1) is 16.3. The molecule has 2 N–H and O–H groups in total. The number of aromatic carboxylic acids is 1. The van der Waals surface area contributed by atoms with Crippen molar-refractivity contribution in [2.45, 2.75) is 20.4 Å². The Morgan fingerprint density at radius 3 is 2.74 bits per heavy atom. The fourth-order valence-electron chi connectivity index (χ4n) is 3.74. The van der Waals surface area contributed by atoms with Gasteiger partial charge in [0, 0.05) is 25.2 Å². The van der Waals surface area contributed by atoms with Crippen LogP contribution in [0.15, 0.2) is 30.6 Å². The fourth-order valence-corrected chi connectivity index (χ4v) is 4.64. The normalized spacial score (nSPS) is 11.1. The largest absolute Gasteiger partial charge is 0.496 e. The van der Waals surface area contributed by atoms with E-state index in [1.807, 2.05) is 0 Å². The zero-order chi connectivity index (χ0) is 24.4. The molecule has 0 aliphatic heterocycles. The average Bonchev–Trinajstić information content (AvgIpc) is 3.36. The molecule has 0 saturated carbocycles. The van der Waals surface area contributed by atoms with Gasteiger partial charge < -0.3 is 24.5 Å². The highest BCUT2D eigenvalue weighted by molar-refractivity contribution is 7.17. The zero-order valence-corrected chi connectivity index (χ0v) is 19.5. The number of benzene rings is 1. The lowest BCUT2D eigenvalue weighted by atomic mass is 10.2. The minimum atomic E-state index is -1.07. The van der Waals surface area contributed by atoms with Crippen LogP contribution in [-0.4, -0.2) is 45.9 Å². The SMILES string of the molecule is CCOc1cc(-c2cc(NCCn3c(C)c(F)c4c(OC)ccc(F)c43)ncn2)sc1C(=O)O. The first-order valence-electron chi connectivity index (χ1n) is 10.4. The molecule has 4 rings (SSSR count). The van der Waals surface area contributed by atoms with E-state index in [1.54, 1.807) is 30.5 Å². The second-order valence-electron chi connectivity index (χ2n) is 7.28. The van der Waals surface area contributed by atoms with Crippen LogP contribution in [-0.2, 0) is 6.54 Å². The van der Waals surface area contributed by atoms with Crippen LogP contribution >= 0.6 is 11.3 Å². The standard InChI is InChI=1S/C23H22F2N4O4S/c1-4-33-16-10-17(34-22(16)23(30)31)14-9-18(28-11-27-14)26-7-8-29-12(2)20(25)19-15(32-3)6-5-13(24)21(19)29/h5-6,9-11H,4,7-8H2,1-3H3,(H,30,31)(H,26,27,28). The Labute approximate surface area is 197 Å². The number of halogens is 2. The number of carbonyl (C=O) groups is 1. The molecule has 178 valence electrons. The molecule has 0 atom stereocenters. The first-order valence-corrected chi connectivity index (χ1v) is 11.2. The van der Waals surface area contributed by atoms with Crippen molar-refractivity contribution in [3.8, 4) is 22.1 Å². The van der Waals surface area contributed by atoms with Crippen molar-refractivity contribution < 1.29 is 28.2 Å². The van der Waals surface area contributed by atoms with E-state index < -0.39 is 17.6 Å². The lowest BCUT2D eigenvalue weighted by Gasteiger charge is -2.11. The number of hydrogen-bond donors (Lipinski definition) is 2. The van der Waals surface area contributed by atoms with E-state index in [-0.39, 0.29) is 33.8 Å². The maximum atomic E-state index is 14.8. The van der Waals surface area contributed by atoms with Crippen molar-refractivity contribution in [2.75, 3.05) is 25.6 Å². The summed E-state index contributed by atoms with van der Waals surface area (Å²) in [5.74, 6) is -1.08. The Balaban J connectivity index is 1.55. The summed E-state index contributed by atoms with van der Waals surface area (Å²) in [7, 11) is 1.41. The molecule has 34 heavy (non-hydrogen) atoms. The summed E-state index contributed by atoms with van der Waals surface area (Å²) in [6.45, 7) is 4.30. The number of carboxylic acid groups (broad SMARTS) is 1. The molecule has 1 aromatic carbocycles. The van der Waals surface area contributed by atoms with E-state index in [9.17, 15) is 18.7 Å². The molecule has 0 saturated heterocycles. The van der Waals surface area contributed by atoms with Crippen molar-refractivity contribution >= 4 is 34.0 Å². The van der Waals surface area contributed by atoms with Crippen molar-refractivity contribution in [3.05, 3.63) is 52.8 Å². The van der Waals surface area contributed by atoms with Crippen LogP contribution in [0.5, 0.6) is 11.5 Å². The van der Waals surface area contributed by atoms with Crippen LogP contribution < -0.4 is 14.8 Å². The number of ether oxygens (including phenoxy) is 2. The van der Waals surface area contributed by atoms with Crippen LogP contribution in [0.2, 0.25) is 0 Å². The van der Waals surface area contributed by atoms with Gasteiger partial charge in [0.2, 0.25) is 0 Å². The van der Waals surface area contributed by atoms with Gasteiger partial charge in [0.25, 0.3) is 0 Å². The molecule has 3 heterocycles. The molecular formula is C23H22F2N4O4S. The predicted molar refractivity (Wildman–Crippen MR) is 125 cm³/mol. The van der Waals surface area contributed by atoms with E-state index in [0.717, 1.165) is 11.3 Å². The third-order valence-corrected chi connectivity index (χ3v) is 6.40. The van der Waals surface area contributed by atoms with E-state index in [1.165, 1.54) is 25.6 Å². The van der Waals surface area contributed by atoms with Gasteiger partial charge in [0.1, 0.15) is 29.5 Å². The topological polar surface area (TPSA) is 98.5 Å². The second kappa shape index (κ2) is 9.64. The minimum absolute atomic E-state index is 0.0967. The van der Waals surface area contributed by atoms with Crippen molar-refractivity contribution in [2.24, 2.45) is 0 Å². The molecular weight excluding hydrogens is 466 g/mol. The minimum Gasteiger partial charge on any atom is -0.496 e. The Kier molecular flexibility index (Phi) is 6.64. The molecule has 4 aromatic rings. The van der Waals surface area contributed by atoms with Crippen LogP contribution in [0, 0.1) is 18.6 Å². The Bertz CT molecular complexity index is 1370. The van der Waals surface area contributed by atoms with E-state index in [2.05, 4.69) is 15.3 Å². The molecule has 0 bridgehead atoms. The predicted octanol–water partition coefficient (Wildman–Crippen LogP) is 4.96. The first kappa shape index (κ1) is 23.4. The quantitative estimate of drug-likeness (QED) is 0.343. The number of nitrogens with zero attached hydrogens (tertiary/aromatic N) is 3. The van der Waals surface area contributed by atoms with Gasteiger partial charge in [-0.1, -0.05) is 0 Å². The van der Waals surface area contributed by atoms with Gasteiger partial charge in [-0.15, -0.1) is 11.3 Å². The van der Waals surface area contributed by atoms with Gasteiger partial charge in [-0.3, -0.25) is 0 Å². The van der Waals surface area contributed by atoms with E-state index in [4.69, 9.17) is 9.47 Å². The molecule has 0 aliphatic rings. The highest BCUT2D eigenvalue weighted by Crippen LogP contribution is 2.36. The second-order valence-corrected chi connectivity index (χ2v) is 8.33. The summed E-state index contributed by atoms with van der Waals surface area (Å²) in [6, 6.07) is 5.97. The molecule has 0 radical (unpaired) electrons. The number of nitrogens with one attached hydrogen (secondary N) is 1. The number of thiophene rings is 1. The van der Waals surface area contributed by atoms with Crippen molar-refractivity contribution in [1.29, 1.82) is 0 Å². The third kappa shape index (κ3) is 4.26. The molecule has 11 heteroatoms. The summed E-state index contributed by atoms with van der Waals surface area (Å²) in [5, 5.41) is 12.6. The van der Waals surface area contributed by atoms with E-state index >= 15 is 0 Å². The molecule has 0 spiro atoms. The lowest BCUT2D eigenvalue weighted by Crippen LogP contribution is -2.13. The smallest absolute Gasteiger partial charge is 0.349 e. The lowest BCUT2D eigenvalue weighted by molar-refractivity contribution is 0.0698. The van der Waals surface area contributed by atoms with Crippen molar-refractivity contribution in [3.63, 3.8) is 0 Å².